The highest BCUT2D eigenvalue weighted by molar-refractivity contribution is 5.74. The van der Waals surface area contributed by atoms with Crippen molar-refractivity contribution in [1.82, 2.24) is 4.90 Å². The predicted octanol–water partition coefficient (Wildman–Crippen LogP) is 4.31. The maximum absolute atomic E-state index is 14.4. The molecule has 1 aromatic carbocycles. The van der Waals surface area contributed by atoms with E-state index in [4.69, 9.17) is 14.6 Å². The fourth-order valence-corrected chi connectivity index (χ4v) is 2.93. The zero-order valence-electron chi connectivity index (χ0n) is 17.4. The lowest BCUT2D eigenvalue weighted by Gasteiger charge is -2.33. The second kappa shape index (κ2) is 9.71. The number of carbonyl (C=O) groups excluding carboxylic acids is 1. The molecule has 1 aliphatic heterocycles. The molecule has 0 bridgehead atoms. The number of ether oxygens (including phenoxy) is 3. The number of hydrogen-bond acceptors (Lipinski definition) is 5. The second-order valence-corrected chi connectivity index (χ2v) is 8.12. The molecule has 1 aromatic rings. The Bertz CT molecular complexity index is 785. The Kier molecular flexibility index (Phi) is 7.74. The van der Waals surface area contributed by atoms with Gasteiger partial charge in [0.15, 0.2) is 17.7 Å². The number of hydrogen-bond donors (Lipinski definition) is 1. The van der Waals surface area contributed by atoms with Crippen molar-refractivity contribution in [1.29, 1.82) is 0 Å². The van der Waals surface area contributed by atoms with Crippen molar-refractivity contribution >= 4 is 12.1 Å². The lowest BCUT2D eigenvalue weighted by Crippen LogP contribution is -2.44. The van der Waals surface area contributed by atoms with Gasteiger partial charge in [0.25, 0.3) is 0 Å². The number of rotatable bonds is 6. The van der Waals surface area contributed by atoms with Gasteiger partial charge in [-0.15, -0.1) is 0 Å². The number of carbonyl (C=O) groups is 2. The highest BCUT2D eigenvalue weighted by Crippen LogP contribution is 2.28. The summed E-state index contributed by atoms with van der Waals surface area (Å²) in [6, 6.07) is 3.07. The Morgan fingerprint density at radius 1 is 1.19 bits per heavy atom. The van der Waals surface area contributed by atoms with Crippen molar-refractivity contribution in [2.75, 3.05) is 19.7 Å². The number of carboxylic acids is 1. The van der Waals surface area contributed by atoms with E-state index in [0.29, 0.717) is 25.9 Å². The van der Waals surface area contributed by atoms with Crippen molar-refractivity contribution in [2.24, 2.45) is 0 Å². The average molecular weight is 451 g/mol. The maximum atomic E-state index is 14.4. The molecule has 0 aliphatic carbocycles. The highest BCUT2D eigenvalue weighted by Gasteiger charge is 2.33. The summed E-state index contributed by atoms with van der Waals surface area (Å²) in [6.45, 7) is 4.21. The molecule has 0 saturated carbocycles. The second-order valence-electron chi connectivity index (χ2n) is 8.12. The fourth-order valence-electron chi connectivity index (χ4n) is 2.93. The van der Waals surface area contributed by atoms with Crippen molar-refractivity contribution < 1.29 is 46.5 Å². The molecule has 1 aliphatic rings. The summed E-state index contributed by atoms with van der Waals surface area (Å²) in [5, 5.41) is 9.10. The van der Waals surface area contributed by atoms with Gasteiger partial charge in [-0.05, 0) is 38.5 Å². The summed E-state index contributed by atoms with van der Waals surface area (Å²) in [6.07, 6.45) is -6.68. The molecule has 1 heterocycles. The summed E-state index contributed by atoms with van der Waals surface area (Å²) < 4.78 is 66.6. The van der Waals surface area contributed by atoms with Crippen LogP contribution in [0.15, 0.2) is 18.2 Å². The summed E-state index contributed by atoms with van der Waals surface area (Å²) in [7, 11) is 0. The molecule has 1 fully saturated rings. The fraction of sp³-hybridized carbons (Fsp3) is 0.600. The van der Waals surface area contributed by atoms with Crippen LogP contribution in [-0.4, -0.2) is 59.6 Å². The highest BCUT2D eigenvalue weighted by atomic mass is 19.4. The maximum Gasteiger partial charge on any atom is 0.411 e. The molecule has 1 atom stereocenters. The molecule has 0 spiro atoms. The number of alkyl halides is 3. The minimum atomic E-state index is -4.72. The first-order chi connectivity index (χ1) is 14.2. The summed E-state index contributed by atoms with van der Waals surface area (Å²) >= 11 is 0. The molecular formula is C20H25F4NO6. The lowest BCUT2D eigenvalue weighted by atomic mass is 10.1. The van der Waals surface area contributed by atoms with Crippen molar-refractivity contribution in [3.05, 3.63) is 29.6 Å². The van der Waals surface area contributed by atoms with Gasteiger partial charge in [-0.25, -0.2) is 14.0 Å². The van der Waals surface area contributed by atoms with Crippen LogP contribution in [0.3, 0.4) is 0 Å². The molecule has 1 N–H and O–H groups in total. The molecule has 1 amide bonds. The molecule has 31 heavy (non-hydrogen) atoms. The number of aliphatic carboxylic acids is 1. The van der Waals surface area contributed by atoms with Crippen molar-refractivity contribution in [2.45, 2.75) is 57.6 Å². The number of nitrogens with zero attached hydrogens (tertiary/aromatic N) is 1. The first-order valence-corrected chi connectivity index (χ1v) is 9.60. The van der Waals surface area contributed by atoms with Crippen LogP contribution in [0.1, 0.15) is 45.3 Å². The molecule has 7 nitrogen and oxygen atoms in total. The largest absolute Gasteiger partial charge is 0.487 e. The number of carboxylic acid groups (broad SMARTS) is 1. The van der Waals surface area contributed by atoms with Gasteiger partial charge >= 0.3 is 18.2 Å². The van der Waals surface area contributed by atoms with E-state index in [1.807, 2.05) is 0 Å². The van der Waals surface area contributed by atoms with E-state index in [1.54, 1.807) is 20.8 Å². The molecule has 0 aromatic heterocycles. The zero-order chi connectivity index (χ0) is 23.4. The van der Waals surface area contributed by atoms with Crippen LogP contribution in [0, 0.1) is 5.82 Å². The number of benzene rings is 1. The Morgan fingerprint density at radius 3 is 2.29 bits per heavy atom. The molecule has 2 rings (SSSR count). The van der Waals surface area contributed by atoms with Gasteiger partial charge in [0, 0.05) is 25.9 Å². The topological polar surface area (TPSA) is 85.3 Å². The molecule has 11 heteroatoms. The van der Waals surface area contributed by atoms with E-state index in [9.17, 15) is 27.2 Å². The lowest BCUT2D eigenvalue weighted by molar-refractivity contribution is -0.193. The van der Waals surface area contributed by atoms with Crippen LogP contribution in [0.25, 0.3) is 0 Å². The first kappa shape index (κ1) is 24.7. The summed E-state index contributed by atoms with van der Waals surface area (Å²) in [5.74, 6) is -2.76. The Balaban J connectivity index is 1.97. The molecular weight excluding hydrogens is 426 g/mol. The summed E-state index contributed by atoms with van der Waals surface area (Å²) in [4.78, 5) is 24.8. The average Bonchev–Trinajstić information content (AvgIpc) is 2.62. The summed E-state index contributed by atoms with van der Waals surface area (Å²) in [5.41, 5.74) is -0.895. The van der Waals surface area contributed by atoms with Gasteiger partial charge in [-0.1, -0.05) is 6.07 Å². The zero-order valence-corrected chi connectivity index (χ0v) is 17.4. The van der Waals surface area contributed by atoms with Crippen LogP contribution < -0.4 is 4.74 Å². The molecule has 0 radical (unpaired) electrons. The number of amides is 1. The SMILES string of the molecule is CC(C)(C)OC(=O)N1CCC(Oc2ccc(C(OCC(F)(F)F)C(=O)O)cc2F)CC1. The molecule has 174 valence electrons. The quantitative estimate of drug-likeness (QED) is 0.649. The van der Waals surface area contributed by atoms with Gasteiger partial charge in [-0.3, -0.25) is 0 Å². The smallest absolute Gasteiger partial charge is 0.411 e. The van der Waals surface area contributed by atoms with Crippen LogP contribution in [0.4, 0.5) is 22.4 Å². The van der Waals surface area contributed by atoms with E-state index in [-0.39, 0.29) is 11.3 Å². The first-order valence-electron chi connectivity index (χ1n) is 9.60. The Labute approximate surface area is 176 Å². The monoisotopic (exact) mass is 451 g/mol. The van der Waals surface area contributed by atoms with E-state index in [1.165, 1.54) is 4.90 Å². The van der Waals surface area contributed by atoms with E-state index in [0.717, 1.165) is 18.2 Å². The van der Waals surface area contributed by atoms with Crippen molar-refractivity contribution in [3.8, 4) is 5.75 Å². The van der Waals surface area contributed by atoms with E-state index >= 15 is 0 Å². The van der Waals surface area contributed by atoms with Gasteiger partial charge in [-0.2, -0.15) is 13.2 Å². The third-order valence-corrected chi connectivity index (χ3v) is 4.28. The number of piperidine rings is 1. The van der Waals surface area contributed by atoms with Gasteiger partial charge in [0.2, 0.25) is 0 Å². The van der Waals surface area contributed by atoms with E-state index < -0.39 is 48.5 Å². The van der Waals surface area contributed by atoms with Crippen LogP contribution in [0.2, 0.25) is 0 Å². The minimum Gasteiger partial charge on any atom is -0.487 e. The predicted molar refractivity (Wildman–Crippen MR) is 100 cm³/mol. The molecule has 1 saturated heterocycles. The third kappa shape index (κ3) is 7.89. The van der Waals surface area contributed by atoms with Crippen molar-refractivity contribution in [3.63, 3.8) is 0 Å². The number of halogens is 4. The Hall–Kier alpha value is -2.56. The van der Waals surface area contributed by atoms with Gasteiger partial charge in [0.05, 0.1) is 0 Å². The minimum absolute atomic E-state index is 0.167. The standard InChI is InChI=1S/C20H25F4NO6/c1-19(2,3)31-18(28)25-8-6-13(7-9-25)30-15-5-4-12(10-14(15)21)16(17(26)27)29-11-20(22,23)24/h4-5,10,13,16H,6-9,11H2,1-3H3,(H,26,27). The van der Waals surface area contributed by atoms with E-state index in [2.05, 4.69) is 4.74 Å². The van der Waals surface area contributed by atoms with Gasteiger partial charge < -0.3 is 24.2 Å². The normalized spacial score (nSPS) is 16.7. The van der Waals surface area contributed by atoms with Crippen LogP contribution in [0.5, 0.6) is 5.75 Å². The van der Waals surface area contributed by atoms with Crippen LogP contribution in [-0.2, 0) is 14.3 Å². The molecule has 1 unspecified atom stereocenters. The van der Waals surface area contributed by atoms with Gasteiger partial charge in [0.1, 0.15) is 18.3 Å². The Morgan fingerprint density at radius 2 is 1.81 bits per heavy atom. The van der Waals surface area contributed by atoms with Crippen LogP contribution >= 0.6 is 0 Å². The number of likely N-dealkylation sites (tertiary alicyclic amines) is 1. The third-order valence-electron chi connectivity index (χ3n) is 4.28.